The van der Waals surface area contributed by atoms with Gasteiger partial charge in [-0.3, -0.25) is 0 Å². The van der Waals surface area contributed by atoms with E-state index in [4.69, 9.17) is 5.73 Å². The Hall–Kier alpha value is -0.540. The number of anilines is 1. The summed E-state index contributed by atoms with van der Waals surface area (Å²) in [7, 11) is 0. The summed E-state index contributed by atoms with van der Waals surface area (Å²) in [4.78, 5) is 2.42. The first-order chi connectivity index (χ1) is 8.12. The van der Waals surface area contributed by atoms with Crippen LogP contribution in [0.15, 0.2) is 22.7 Å². The van der Waals surface area contributed by atoms with Gasteiger partial charge in [-0.1, -0.05) is 36.2 Å². The lowest BCUT2D eigenvalue weighted by molar-refractivity contribution is 0.547. The topological polar surface area (TPSA) is 29.3 Å². The van der Waals surface area contributed by atoms with E-state index in [0.29, 0.717) is 12.5 Å². The van der Waals surface area contributed by atoms with Gasteiger partial charge in [0.2, 0.25) is 0 Å². The normalized spacial score (nSPS) is 12.5. The molecule has 0 spiro atoms. The molecule has 0 aliphatic heterocycles. The average Bonchev–Trinajstić information content (AvgIpc) is 2.35. The van der Waals surface area contributed by atoms with Crippen molar-refractivity contribution >= 4 is 21.6 Å². The summed E-state index contributed by atoms with van der Waals surface area (Å²) in [6.07, 6.45) is 1.21. The Bertz CT molecular complexity index is 352. The Morgan fingerprint density at radius 3 is 2.59 bits per heavy atom. The van der Waals surface area contributed by atoms with Gasteiger partial charge in [0.15, 0.2) is 0 Å². The van der Waals surface area contributed by atoms with Gasteiger partial charge in [0.25, 0.3) is 0 Å². The molecular formula is C14H23BrN2. The first kappa shape index (κ1) is 14.5. The number of nitrogens with two attached hydrogens (primary N) is 1. The fourth-order valence-corrected chi connectivity index (χ4v) is 2.34. The van der Waals surface area contributed by atoms with Crippen LogP contribution < -0.4 is 10.6 Å². The minimum absolute atomic E-state index is 0.589. The van der Waals surface area contributed by atoms with E-state index < -0.39 is 0 Å². The minimum atomic E-state index is 0.589. The van der Waals surface area contributed by atoms with Gasteiger partial charge in [-0.2, -0.15) is 0 Å². The Morgan fingerprint density at radius 2 is 2.06 bits per heavy atom. The Labute approximate surface area is 113 Å². The molecule has 2 N–H and O–H groups in total. The molecule has 17 heavy (non-hydrogen) atoms. The highest BCUT2D eigenvalue weighted by Gasteiger charge is 2.11. The maximum Gasteiger partial charge on any atom is 0.0412 e. The number of hydrogen-bond donors (Lipinski definition) is 1. The van der Waals surface area contributed by atoms with Crippen molar-refractivity contribution in [3.05, 3.63) is 28.2 Å². The smallest absolute Gasteiger partial charge is 0.0412 e. The monoisotopic (exact) mass is 298 g/mol. The highest BCUT2D eigenvalue weighted by atomic mass is 79.9. The number of hydrogen-bond acceptors (Lipinski definition) is 2. The van der Waals surface area contributed by atoms with Gasteiger partial charge in [0, 0.05) is 29.8 Å². The van der Waals surface area contributed by atoms with Gasteiger partial charge in [0.1, 0.15) is 0 Å². The first-order valence-electron chi connectivity index (χ1n) is 6.35. The van der Waals surface area contributed by atoms with Gasteiger partial charge in [0.05, 0.1) is 0 Å². The summed E-state index contributed by atoms with van der Waals surface area (Å²) < 4.78 is 1.10. The van der Waals surface area contributed by atoms with Crippen LogP contribution in [0, 0.1) is 5.92 Å². The lowest BCUT2D eigenvalue weighted by atomic mass is 10.1. The van der Waals surface area contributed by atoms with Gasteiger partial charge < -0.3 is 10.6 Å². The molecule has 0 amide bonds. The van der Waals surface area contributed by atoms with Crippen LogP contribution in [0.3, 0.4) is 0 Å². The minimum Gasteiger partial charge on any atom is -0.371 e. The molecule has 1 aromatic carbocycles. The van der Waals surface area contributed by atoms with Crippen molar-refractivity contribution in [3.8, 4) is 0 Å². The second-order valence-electron chi connectivity index (χ2n) is 4.53. The molecule has 1 rings (SSSR count). The summed E-state index contributed by atoms with van der Waals surface area (Å²) >= 11 is 3.50. The van der Waals surface area contributed by atoms with E-state index in [-0.39, 0.29) is 0 Å². The molecule has 0 heterocycles. The van der Waals surface area contributed by atoms with E-state index in [1.54, 1.807) is 0 Å². The predicted octanol–water partition coefficient (Wildman–Crippen LogP) is 3.78. The van der Waals surface area contributed by atoms with Crippen LogP contribution in [-0.2, 0) is 6.54 Å². The molecule has 0 fully saturated rings. The number of nitrogens with zero attached hydrogens (tertiary/aromatic N) is 1. The lowest BCUT2D eigenvalue weighted by Gasteiger charge is -2.28. The van der Waals surface area contributed by atoms with Crippen molar-refractivity contribution in [2.24, 2.45) is 11.7 Å². The molecular weight excluding hydrogens is 276 g/mol. The van der Waals surface area contributed by atoms with Crippen LogP contribution in [0.25, 0.3) is 0 Å². The second kappa shape index (κ2) is 7.02. The highest BCUT2D eigenvalue weighted by molar-refractivity contribution is 9.10. The van der Waals surface area contributed by atoms with E-state index in [1.165, 1.54) is 17.7 Å². The summed E-state index contributed by atoms with van der Waals surface area (Å²) in [5.74, 6) is 0.712. The SMILES string of the molecule is CCC(C)CN(CC)c1ccc(Br)cc1CN. The van der Waals surface area contributed by atoms with Crippen molar-refractivity contribution in [3.63, 3.8) is 0 Å². The Balaban J connectivity index is 2.94. The van der Waals surface area contributed by atoms with E-state index in [1.807, 2.05) is 0 Å². The predicted molar refractivity (Wildman–Crippen MR) is 79.4 cm³/mol. The largest absolute Gasteiger partial charge is 0.371 e. The zero-order valence-corrected chi connectivity index (χ0v) is 12.6. The number of halogens is 1. The van der Waals surface area contributed by atoms with Crippen LogP contribution in [0.2, 0.25) is 0 Å². The zero-order valence-electron chi connectivity index (χ0n) is 11.0. The molecule has 0 aliphatic rings. The average molecular weight is 299 g/mol. The van der Waals surface area contributed by atoms with Crippen molar-refractivity contribution < 1.29 is 0 Å². The molecule has 0 bridgehead atoms. The molecule has 3 heteroatoms. The fraction of sp³-hybridized carbons (Fsp3) is 0.571. The lowest BCUT2D eigenvalue weighted by Crippen LogP contribution is -2.29. The van der Waals surface area contributed by atoms with Crippen molar-refractivity contribution in [2.45, 2.75) is 33.7 Å². The third-order valence-electron chi connectivity index (χ3n) is 3.21. The van der Waals surface area contributed by atoms with E-state index >= 15 is 0 Å². The third-order valence-corrected chi connectivity index (χ3v) is 3.71. The summed E-state index contributed by atoms with van der Waals surface area (Å²) in [5, 5.41) is 0. The van der Waals surface area contributed by atoms with Crippen molar-refractivity contribution in [1.29, 1.82) is 0 Å². The van der Waals surface area contributed by atoms with Gasteiger partial charge >= 0.3 is 0 Å². The molecule has 1 atom stereocenters. The standard InChI is InChI=1S/C14H23BrN2/c1-4-11(3)10-17(5-2)14-7-6-13(15)8-12(14)9-16/h6-8,11H,4-5,9-10,16H2,1-3H3. The quantitative estimate of drug-likeness (QED) is 0.866. The fourth-order valence-electron chi connectivity index (χ4n) is 1.93. The van der Waals surface area contributed by atoms with E-state index in [2.05, 4.69) is 59.8 Å². The van der Waals surface area contributed by atoms with E-state index in [0.717, 1.165) is 17.6 Å². The van der Waals surface area contributed by atoms with Crippen LogP contribution in [-0.4, -0.2) is 13.1 Å². The Morgan fingerprint density at radius 1 is 1.35 bits per heavy atom. The molecule has 1 unspecified atom stereocenters. The maximum absolute atomic E-state index is 5.83. The zero-order chi connectivity index (χ0) is 12.8. The molecule has 0 radical (unpaired) electrons. The van der Waals surface area contributed by atoms with Crippen LogP contribution in [0.5, 0.6) is 0 Å². The van der Waals surface area contributed by atoms with Gasteiger partial charge in [-0.15, -0.1) is 0 Å². The van der Waals surface area contributed by atoms with Crippen molar-refractivity contribution in [1.82, 2.24) is 0 Å². The highest BCUT2D eigenvalue weighted by Crippen LogP contribution is 2.25. The summed E-state index contributed by atoms with van der Waals surface area (Å²) in [5.41, 5.74) is 8.32. The van der Waals surface area contributed by atoms with Crippen LogP contribution in [0.4, 0.5) is 5.69 Å². The van der Waals surface area contributed by atoms with Gasteiger partial charge in [-0.05, 0) is 36.6 Å². The number of rotatable bonds is 6. The van der Waals surface area contributed by atoms with Gasteiger partial charge in [-0.25, -0.2) is 0 Å². The Kier molecular flexibility index (Phi) is 6.00. The van der Waals surface area contributed by atoms with Crippen LogP contribution >= 0.6 is 15.9 Å². The van der Waals surface area contributed by atoms with Crippen LogP contribution in [0.1, 0.15) is 32.8 Å². The first-order valence-corrected chi connectivity index (χ1v) is 7.15. The second-order valence-corrected chi connectivity index (χ2v) is 5.44. The molecule has 0 saturated heterocycles. The van der Waals surface area contributed by atoms with Crippen molar-refractivity contribution in [2.75, 3.05) is 18.0 Å². The molecule has 96 valence electrons. The maximum atomic E-state index is 5.83. The summed E-state index contributed by atoms with van der Waals surface area (Å²) in [6, 6.07) is 6.38. The molecule has 1 aromatic rings. The third kappa shape index (κ3) is 4.00. The molecule has 0 aliphatic carbocycles. The number of benzene rings is 1. The summed E-state index contributed by atoms with van der Waals surface area (Å²) in [6.45, 7) is 9.45. The van der Waals surface area contributed by atoms with E-state index in [9.17, 15) is 0 Å². The molecule has 0 saturated carbocycles. The molecule has 2 nitrogen and oxygen atoms in total. The molecule has 0 aromatic heterocycles.